The third-order valence-electron chi connectivity index (χ3n) is 7.30. The van der Waals surface area contributed by atoms with Crippen molar-refractivity contribution in [2.24, 2.45) is 11.1 Å². The standard InChI is InChI=1S/C24H27ClF3N7O2/c1-24(21(29)36)5-2-13(3-6-24)35-20-18(10-30-22(34-20)31-17-4-7-37-11-16(17)28)32-23(35)33-19-14(25)8-12(26)9-15(19)27/h8-10,13,16-17H,2-7,11H2,1H3,(H2,29,36)(H,32,33)(H,30,31,34)/t13?,16-,17+,24?/m1/s1. The Morgan fingerprint density at radius 2 is 2.00 bits per heavy atom. The number of nitrogens with one attached hydrogen (secondary N) is 2. The van der Waals surface area contributed by atoms with Crippen LogP contribution in [0.25, 0.3) is 11.2 Å². The number of alkyl halides is 1. The largest absolute Gasteiger partial charge is 0.378 e. The minimum absolute atomic E-state index is 0.00336. The van der Waals surface area contributed by atoms with E-state index in [2.05, 4.69) is 25.6 Å². The molecule has 1 aromatic carbocycles. The molecular formula is C24H27ClF3N7O2. The normalized spacial score (nSPS) is 26.2. The second kappa shape index (κ2) is 9.97. The van der Waals surface area contributed by atoms with E-state index in [1.807, 2.05) is 6.92 Å². The summed E-state index contributed by atoms with van der Waals surface area (Å²) >= 11 is 6.13. The number of hydrogen-bond donors (Lipinski definition) is 3. The van der Waals surface area contributed by atoms with Crippen molar-refractivity contribution in [3.8, 4) is 0 Å². The maximum atomic E-state index is 14.6. The number of aromatic nitrogens is 4. The Bertz CT molecular complexity index is 1310. The fourth-order valence-electron chi connectivity index (χ4n) is 4.94. The molecule has 1 aliphatic carbocycles. The van der Waals surface area contributed by atoms with Gasteiger partial charge in [-0.05, 0) is 38.2 Å². The molecule has 2 fully saturated rings. The van der Waals surface area contributed by atoms with E-state index in [4.69, 9.17) is 22.1 Å². The summed E-state index contributed by atoms with van der Waals surface area (Å²) in [5.74, 6) is -1.59. The lowest BCUT2D eigenvalue weighted by molar-refractivity contribution is -0.128. The van der Waals surface area contributed by atoms with Gasteiger partial charge in [0.15, 0.2) is 11.5 Å². The van der Waals surface area contributed by atoms with Crippen molar-refractivity contribution >= 4 is 46.3 Å². The molecule has 13 heteroatoms. The molecule has 0 unspecified atom stereocenters. The zero-order chi connectivity index (χ0) is 26.3. The molecular weight excluding hydrogens is 511 g/mol. The Morgan fingerprint density at radius 1 is 1.24 bits per heavy atom. The smallest absolute Gasteiger partial charge is 0.225 e. The highest BCUT2D eigenvalue weighted by Gasteiger charge is 2.38. The lowest BCUT2D eigenvalue weighted by atomic mass is 9.73. The Hall–Kier alpha value is -3.12. The van der Waals surface area contributed by atoms with Gasteiger partial charge >= 0.3 is 0 Å². The number of carbonyl (C=O) groups excluding carboxylic acids is 1. The second-order valence-corrected chi connectivity index (χ2v) is 10.3. The quantitative estimate of drug-likeness (QED) is 0.419. The van der Waals surface area contributed by atoms with Crippen molar-refractivity contribution < 1.29 is 22.7 Å². The first-order valence-corrected chi connectivity index (χ1v) is 12.5. The summed E-state index contributed by atoms with van der Waals surface area (Å²) in [6, 6.07) is 1.06. The fraction of sp³-hybridized carbons (Fsp3) is 0.500. The van der Waals surface area contributed by atoms with Gasteiger partial charge in [-0.25, -0.2) is 23.1 Å². The summed E-state index contributed by atoms with van der Waals surface area (Å²) in [5, 5.41) is 5.79. The lowest BCUT2D eigenvalue weighted by Crippen LogP contribution is -2.39. The number of primary amides is 1. The first kappa shape index (κ1) is 25.5. The summed E-state index contributed by atoms with van der Waals surface area (Å²) in [6.45, 7) is 2.27. The Balaban J connectivity index is 1.54. The van der Waals surface area contributed by atoms with Crippen LogP contribution in [0.3, 0.4) is 0 Å². The molecule has 0 bridgehead atoms. The highest BCUT2D eigenvalue weighted by atomic mass is 35.5. The maximum absolute atomic E-state index is 14.6. The van der Waals surface area contributed by atoms with Crippen molar-refractivity contribution in [1.82, 2.24) is 19.5 Å². The minimum atomic E-state index is -1.21. The summed E-state index contributed by atoms with van der Waals surface area (Å²) in [5.41, 5.74) is 5.72. The third kappa shape index (κ3) is 5.04. The molecule has 1 aliphatic heterocycles. The molecule has 37 heavy (non-hydrogen) atoms. The van der Waals surface area contributed by atoms with Crippen molar-refractivity contribution in [1.29, 1.82) is 0 Å². The van der Waals surface area contributed by atoms with Crippen LogP contribution in [0, 0.1) is 17.0 Å². The third-order valence-corrected chi connectivity index (χ3v) is 7.59. The molecule has 1 saturated heterocycles. The molecule has 2 atom stereocenters. The number of ether oxygens (including phenoxy) is 1. The molecule has 2 aromatic heterocycles. The summed E-state index contributed by atoms with van der Waals surface area (Å²) in [6.07, 6.45) is 3.00. The van der Waals surface area contributed by atoms with Gasteiger partial charge in [-0.2, -0.15) is 4.98 Å². The molecule has 3 heterocycles. The minimum Gasteiger partial charge on any atom is -0.378 e. The highest BCUT2D eigenvalue weighted by Crippen LogP contribution is 2.43. The number of amides is 1. The second-order valence-electron chi connectivity index (χ2n) is 9.86. The summed E-state index contributed by atoms with van der Waals surface area (Å²) < 4.78 is 49.5. The van der Waals surface area contributed by atoms with Crippen LogP contribution in [0.4, 0.5) is 30.8 Å². The van der Waals surface area contributed by atoms with Gasteiger partial charge in [-0.15, -0.1) is 0 Å². The average molecular weight is 538 g/mol. The molecule has 0 radical (unpaired) electrons. The van der Waals surface area contributed by atoms with Gasteiger partial charge in [-0.3, -0.25) is 9.36 Å². The number of imidazole rings is 1. The van der Waals surface area contributed by atoms with Gasteiger partial charge in [0.2, 0.25) is 17.8 Å². The van der Waals surface area contributed by atoms with Crippen LogP contribution < -0.4 is 16.4 Å². The number of carbonyl (C=O) groups is 1. The molecule has 0 spiro atoms. The number of benzene rings is 1. The number of halogens is 4. The van der Waals surface area contributed by atoms with E-state index in [1.54, 1.807) is 4.57 Å². The van der Waals surface area contributed by atoms with Crippen LogP contribution in [0.15, 0.2) is 18.3 Å². The maximum Gasteiger partial charge on any atom is 0.225 e. The number of anilines is 3. The van der Waals surface area contributed by atoms with E-state index in [-0.39, 0.29) is 41.2 Å². The number of fused-ring (bicyclic) bond motifs is 1. The molecule has 3 aromatic rings. The van der Waals surface area contributed by atoms with Gasteiger partial charge in [0.05, 0.1) is 29.6 Å². The molecule has 1 saturated carbocycles. The lowest BCUT2D eigenvalue weighted by Gasteiger charge is -2.35. The molecule has 198 valence electrons. The SMILES string of the molecule is CC1(C(N)=O)CCC(n2c(Nc3c(F)cc(F)cc3Cl)nc3cnc(N[C@H]4CCOC[C@H]4F)nc32)CC1. The highest BCUT2D eigenvalue weighted by molar-refractivity contribution is 6.33. The van der Waals surface area contributed by atoms with Crippen molar-refractivity contribution in [2.75, 3.05) is 23.8 Å². The average Bonchev–Trinajstić information content (AvgIpc) is 3.20. The fourth-order valence-corrected chi connectivity index (χ4v) is 5.19. The summed E-state index contributed by atoms with van der Waals surface area (Å²) in [4.78, 5) is 25.5. The van der Waals surface area contributed by atoms with Crippen molar-refractivity contribution in [3.05, 3.63) is 35.0 Å². The number of nitrogens with two attached hydrogens (primary N) is 1. The van der Waals surface area contributed by atoms with Gasteiger partial charge in [0, 0.05) is 24.1 Å². The summed E-state index contributed by atoms with van der Waals surface area (Å²) in [7, 11) is 0. The number of hydrogen-bond acceptors (Lipinski definition) is 7. The van der Waals surface area contributed by atoms with Gasteiger partial charge in [-0.1, -0.05) is 18.5 Å². The topological polar surface area (TPSA) is 120 Å². The number of rotatable bonds is 6. The predicted molar refractivity (Wildman–Crippen MR) is 133 cm³/mol. The first-order chi connectivity index (χ1) is 17.6. The Morgan fingerprint density at radius 3 is 2.68 bits per heavy atom. The van der Waals surface area contributed by atoms with Crippen LogP contribution in [0.1, 0.15) is 45.1 Å². The van der Waals surface area contributed by atoms with E-state index >= 15 is 0 Å². The van der Waals surface area contributed by atoms with Crippen LogP contribution >= 0.6 is 11.6 Å². The zero-order valence-electron chi connectivity index (χ0n) is 20.1. The molecule has 9 nitrogen and oxygen atoms in total. The van der Waals surface area contributed by atoms with Crippen LogP contribution in [-0.2, 0) is 9.53 Å². The van der Waals surface area contributed by atoms with Gasteiger partial charge < -0.3 is 21.1 Å². The monoisotopic (exact) mass is 537 g/mol. The van der Waals surface area contributed by atoms with Crippen LogP contribution in [0.2, 0.25) is 5.02 Å². The number of nitrogens with zero attached hydrogens (tertiary/aromatic N) is 4. The van der Waals surface area contributed by atoms with Gasteiger partial charge in [0.25, 0.3) is 0 Å². The Kier molecular flexibility index (Phi) is 6.88. The van der Waals surface area contributed by atoms with Gasteiger partial charge in [0.1, 0.15) is 17.5 Å². The van der Waals surface area contributed by atoms with E-state index in [0.29, 0.717) is 49.9 Å². The molecule has 4 N–H and O–H groups in total. The predicted octanol–water partition coefficient (Wildman–Crippen LogP) is 4.65. The van der Waals surface area contributed by atoms with E-state index < -0.39 is 29.3 Å². The van der Waals surface area contributed by atoms with Crippen molar-refractivity contribution in [3.63, 3.8) is 0 Å². The van der Waals surface area contributed by atoms with Crippen LogP contribution in [-0.4, -0.2) is 50.9 Å². The zero-order valence-corrected chi connectivity index (χ0v) is 20.9. The first-order valence-electron chi connectivity index (χ1n) is 12.1. The van der Waals surface area contributed by atoms with Crippen molar-refractivity contribution in [2.45, 2.75) is 57.3 Å². The van der Waals surface area contributed by atoms with E-state index in [1.165, 1.54) is 6.20 Å². The molecule has 5 rings (SSSR count). The molecule has 1 amide bonds. The molecule has 2 aliphatic rings. The van der Waals surface area contributed by atoms with E-state index in [9.17, 15) is 18.0 Å². The Labute approximate surface area is 215 Å². The van der Waals surface area contributed by atoms with Crippen LogP contribution in [0.5, 0.6) is 0 Å². The van der Waals surface area contributed by atoms with E-state index in [0.717, 1.165) is 12.1 Å².